The molecule has 3 heteroatoms. The van der Waals surface area contributed by atoms with Crippen LogP contribution in [-0.4, -0.2) is 14.2 Å². The van der Waals surface area contributed by atoms with Crippen LogP contribution in [0.2, 0.25) is 0 Å². The lowest BCUT2D eigenvalue weighted by Crippen LogP contribution is -2.06. The van der Waals surface area contributed by atoms with E-state index in [-0.39, 0.29) is 11.3 Å². The maximum Gasteiger partial charge on any atom is 0.161 e. The van der Waals surface area contributed by atoms with Gasteiger partial charge >= 0.3 is 0 Å². The van der Waals surface area contributed by atoms with Gasteiger partial charge in [-0.25, -0.2) is 0 Å². The SMILES string of the molecule is CCC(c1ccccc1)C(Cl)c1ccc(OC)c(OC)c1. The van der Waals surface area contributed by atoms with Gasteiger partial charge in [-0.1, -0.05) is 43.3 Å². The van der Waals surface area contributed by atoms with Crippen LogP contribution in [0.4, 0.5) is 0 Å². The Hall–Kier alpha value is -1.67. The second kappa shape index (κ2) is 7.37. The van der Waals surface area contributed by atoms with E-state index in [1.807, 2.05) is 24.3 Å². The third kappa shape index (κ3) is 3.51. The van der Waals surface area contributed by atoms with Crippen LogP contribution in [-0.2, 0) is 0 Å². The van der Waals surface area contributed by atoms with Gasteiger partial charge in [0.1, 0.15) is 0 Å². The van der Waals surface area contributed by atoms with Crippen molar-refractivity contribution in [2.45, 2.75) is 24.6 Å². The van der Waals surface area contributed by atoms with Crippen molar-refractivity contribution in [3.8, 4) is 11.5 Å². The lowest BCUT2D eigenvalue weighted by molar-refractivity contribution is 0.354. The highest BCUT2D eigenvalue weighted by Crippen LogP contribution is 2.41. The monoisotopic (exact) mass is 304 g/mol. The van der Waals surface area contributed by atoms with E-state index < -0.39 is 0 Å². The molecule has 0 N–H and O–H groups in total. The fourth-order valence-electron chi connectivity index (χ4n) is 2.57. The molecule has 0 aliphatic carbocycles. The Kier molecular flexibility index (Phi) is 5.51. The van der Waals surface area contributed by atoms with E-state index in [9.17, 15) is 0 Å². The molecule has 0 bridgehead atoms. The van der Waals surface area contributed by atoms with Gasteiger partial charge in [0.25, 0.3) is 0 Å². The van der Waals surface area contributed by atoms with Crippen molar-refractivity contribution in [2.75, 3.05) is 14.2 Å². The van der Waals surface area contributed by atoms with Crippen molar-refractivity contribution in [3.63, 3.8) is 0 Å². The van der Waals surface area contributed by atoms with E-state index in [0.717, 1.165) is 17.7 Å². The summed E-state index contributed by atoms with van der Waals surface area (Å²) in [4.78, 5) is 0. The molecule has 2 unspecified atom stereocenters. The molecule has 2 atom stereocenters. The first kappa shape index (κ1) is 15.7. The highest BCUT2D eigenvalue weighted by molar-refractivity contribution is 6.21. The summed E-state index contributed by atoms with van der Waals surface area (Å²) in [7, 11) is 3.27. The first-order valence-corrected chi connectivity index (χ1v) is 7.55. The fraction of sp³-hybridized carbons (Fsp3) is 0.333. The second-order valence-electron chi connectivity index (χ2n) is 4.94. The lowest BCUT2D eigenvalue weighted by Gasteiger charge is -2.22. The molecule has 0 heterocycles. The molecule has 0 radical (unpaired) electrons. The molecule has 0 amide bonds. The number of alkyl halides is 1. The Labute approximate surface area is 131 Å². The highest BCUT2D eigenvalue weighted by Gasteiger charge is 2.22. The highest BCUT2D eigenvalue weighted by atomic mass is 35.5. The molecular weight excluding hydrogens is 284 g/mol. The van der Waals surface area contributed by atoms with E-state index >= 15 is 0 Å². The first-order valence-electron chi connectivity index (χ1n) is 7.12. The summed E-state index contributed by atoms with van der Waals surface area (Å²) in [5.41, 5.74) is 2.31. The molecule has 0 aromatic heterocycles. The molecule has 0 spiro atoms. The van der Waals surface area contributed by atoms with Crippen molar-refractivity contribution in [1.82, 2.24) is 0 Å². The Morgan fingerprint density at radius 3 is 2.14 bits per heavy atom. The van der Waals surface area contributed by atoms with Gasteiger partial charge in [-0.15, -0.1) is 11.6 Å². The number of hydrogen-bond donors (Lipinski definition) is 0. The smallest absolute Gasteiger partial charge is 0.161 e. The molecule has 0 aliphatic rings. The zero-order valence-corrected chi connectivity index (χ0v) is 13.4. The summed E-state index contributed by atoms with van der Waals surface area (Å²) in [5, 5.41) is -0.0998. The second-order valence-corrected chi connectivity index (χ2v) is 5.41. The average molecular weight is 305 g/mol. The van der Waals surface area contributed by atoms with Crippen molar-refractivity contribution in [1.29, 1.82) is 0 Å². The third-order valence-corrected chi connectivity index (χ3v) is 4.30. The molecule has 0 fully saturated rings. The minimum atomic E-state index is -0.0998. The summed E-state index contributed by atoms with van der Waals surface area (Å²) in [6.07, 6.45) is 0.979. The van der Waals surface area contributed by atoms with Gasteiger partial charge in [-0.2, -0.15) is 0 Å². The summed E-state index contributed by atoms with van der Waals surface area (Å²) in [5.74, 6) is 1.70. The van der Waals surface area contributed by atoms with Crippen molar-refractivity contribution in [2.24, 2.45) is 0 Å². The van der Waals surface area contributed by atoms with Gasteiger partial charge in [-0.3, -0.25) is 0 Å². The Bertz CT molecular complexity index is 569. The van der Waals surface area contributed by atoms with Crippen LogP contribution in [0.1, 0.15) is 35.8 Å². The van der Waals surface area contributed by atoms with Crippen LogP contribution in [0.5, 0.6) is 11.5 Å². The van der Waals surface area contributed by atoms with Crippen LogP contribution in [0.25, 0.3) is 0 Å². The minimum Gasteiger partial charge on any atom is -0.493 e. The van der Waals surface area contributed by atoms with Gasteiger partial charge < -0.3 is 9.47 Å². The number of ether oxygens (including phenoxy) is 2. The van der Waals surface area contributed by atoms with E-state index in [0.29, 0.717) is 5.75 Å². The molecule has 0 saturated heterocycles. The van der Waals surface area contributed by atoms with Crippen molar-refractivity contribution < 1.29 is 9.47 Å². The maximum absolute atomic E-state index is 6.74. The summed E-state index contributed by atoms with van der Waals surface area (Å²) in [6.45, 7) is 2.16. The van der Waals surface area contributed by atoms with Crippen LogP contribution in [0.15, 0.2) is 48.5 Å². The molecule has 0 saturated carbocycles. The standard InChI is InChI=1S/C18H21ClO2/c1-4-15(13-8-6-5-7-9-13)18(19)14-10-11-16(20-2)17(12-14)21-3/h5-12,15,18H,4H2,1-3H3. The van der Waals surface area contributed by atoms with Crippen LogP contribution in [0.3, 0.4) is 0 Å². The van der Waals surface area contributed by atoms with Crippen LogP contribution >= 0.6 is 11.6 Å². The first-order chi connectivity index (χ1) is 10.2. The fourth-order valence-corrected chi connectivity index (χ4v) is 3.03. The summed E-state index contributed by atoms with van der Waals surface area (Å²) in [6, 6.07) is 16.3. The number of methoxy groups -OCH3 is 2. The van der Waals surface area contributed by atoms with E-state index in [1.165, 1.54) is 5.56 Å². The van der Waals surface area contributed by atoms with Crippen molar-refractivity contribution >= 4 is 11.6 Å². The van der Waals surface area contributed by atoms with E-state index in [4.69, 9.17) is 21.1 Å². The Balaban J connectivity index is 2.31. The summed E-state index contributed by atoms with van der Waals surface area (Å²) >= 11 is 6.74. The van der Waals surface area contributed by atoms with Gasteiger partial charge in [0.05, 0.1) is 19.6 Å². The number of rotatable bonds is 6. The molecule has 2 aromatic carbocycles. The maximum atomic E-state index is 6.74. The molecular formula is C18H21ClO2. The van der Waals surface area contributed by atoms with Gasteiger partial charge in [-0.05, 0) is 29.7 Å². The zero-order valence-electron chi connectivity index (χ0n) is 12.7. The molecule has 0 aliphatic heterocycles. The molecule has 2 aromatic rings. The number of benzene rings is 2. The normalized spacial score (nSPS) is 13.5. The molecule has 21 heavy (non-hydrogen) atoms. The Morgan fingerprint density at radius 2 is 1.57 bits per heavy atom. The number of halogens is 1. The predicted molar refractivity (Wildman–Crippen MR) is 87.6 cm³/mol. The van der Waals surface area contributed by atoms with E-state index in [2.05, 4.69) is 31.2 Å². The topological polar surface area (TPSA) is 18.5 Å². The van der Waals surface area contributed by atoms with Crippen LogP contribution < -0.4 is 9.47 Å². The lowest BCUT2D eigenvalue weighted by atomic mass is 9.89. The average Bonchev–Trinajstić information content (AvgIpc) is 2.55. The number of hydrogen-bond acceptors (Lipinski definition) is 2. The van der Waals surface area contributed by atoms with Gasteiger partial charge in [0, 0.05) is 5.92 Å². The van der Waals surface area contributed by atoms with Crippen LogP contribution in [0, 0.1) is 0 Å². The van der Waals surface area contributed by atoms with E-state index in [1.54, 1.807) is 14.2 Å². The predicted octanol–water partition coefficient (Wildman–Crippen LogP) is 5.18. The minimum absolute atomic E-state index is 0.0998. The molecule has 2 rings (SSSR count). The van der Waals surface area contributed by atoms with Gasteiger partial charge in [0.15, 0.2) is 11.5 Å². The quantitative estimate of drug-likeness (QED) is 0.685. The van der Waals surface area contributed by atoms with Gasteiger partial charge in [0.2, 0.25) is 0 Å². The van der Waals surface area contributed by atoms with Crippen molar-refractivity contribution in [3.05, 3.63) is 59.7 Å². The molecule has 2 nitrogen and oxygen atoms in total. The molecule has 112 valence electrons. The third-order valence-electron chi connectivity index (χ3n) is 3.75. The zero-order chi connectivity index (χ0) is 15.2. The largest absolute Gasteiger partial charge is 0.493 e. The Morgan fingerprint density at radius 1 is 0.905 bits per heavy atom. The summed E-state index contributed by atoms with van der Waals surface area (Å²) < 4.78 is 10.6.